The van der Waals surface area contributed by atoms with E-state index in [0.29, 0.717) is 23.6 Å². The largest absolute Gasteiger partial charge is 0.463 e. The summed E-state index contributed by atoms with van der Waals surface area (Å²) in [5, 5.41) is 13.3. The highest BCUT2D eigenvalue weighted by Gasteiger charge is 2.16. The van der Waals surface area contributed by atoms with Gasteiger partial charge in [0.2, 0.25) is 5.89 Å². The van der Waals surface area contributed by atoms with E-state index in [2.05, 4.69) is 40.4 Å². The average Bonchev–Trinajstić information content (AvgIpc) is 3.46. The number of nitro groups is 1. The normalized spacial score (nSPS) is 11.3. The second-order valence-electron chi connectivity index (χ2n) is 8.61. The van der Waals surface area contributed by atoms with Crippen molar-refractivity contribution in [3.63, 3.8) is 0 Å². The van der Waals surface area contributed by atoms with Gasteiger partial charge < -0.3 is 13.7 Å². The van der Waals surface area contributed by atoms with Gasteiger partial charge >= 0.3 is 5.97 Å². The van der Waals surface area contributed by atoms with Gasteiger partial charge in [0.25, 0.3) is 5.69 Å². The summed E-state index contributed by atoms with van der Waals surface area (Å²) in [6, 6.07) is 18.9. The number of aromatic nitrogens is 2. The second kappa shape index (κ2) is 10.0. The molecular weight excluding hydrogens is 458 g/mol. The van der Waals surface area contributed by atoms with Crippen molar-refractivity contribution in [3.05, 3.63) is 83.4 Å². The fraction of sp³-hybridized carbons (Fsp3) is 0.214. The van der Waals surface area contributed by atoms with Gasteiger partial charge in [0, 0.05) is 46.1 Å². The van der Waals surface area contributed by atoms with Crippen LogP contribution in [-0.4, -0.2) is 27.1 Å². The monoisotopic (exact) mass is 483 g/mol. The number of fused-ring (bicyclic) bond motifs is 4. The zero-order valence-electron chi connectivity index (χ0n) is 19.7. The summed E-state index contributed by atoms with van der Waals surface area (Å²) in [5.74, 6) is 0.0557. The molecule has 0 radical (unpaired) electrons. The van der Waals surface area contributed by atoms with E-state index in [1.165, 1.54) is 18.2 Å². The number of esters is 1. The summed E-state index contributed by atoms with van der Waals surface area (Å²) < 4.78 is 13.3. The van der Waals surface area contributed by atoms with Crippen LogP contribution in [0.15, 0.2) is 77.7 Å². The molecule has 182 valence electrons. The number of unbranched alkanes of at least 4 members (excludes halogenated alkanes) is 3. The first-order valence-corrected chi connectivity index (χ1v) is 11.9. The Kier molecular flexibility index (Phi) is 6.49. The Hall–Kier alpha value is -4.46. The Bertz CT molecular complexity index is 1600. The number of hydrogen-bond donors (Lipinski definition) is 0. The number of oxazole rings is 1. The lowest BCUT2D eigenvalue weighted by atomic mass is 10.1. The molecule has 0 aliphatic heterocycles. The first-order chi connectivity index (χ1) is 17.5. The maximum absolute atomic E-state index is 11.1. The van der Waals surface area contributed by atoms with Gasteiger partial charge in [-0.05, 0) is 49.6 Å². The molecule has 0 atom stereocenters. The van der Waals surface area contributed by atoms with Gasteiger partial charge in [-0.2, -0.15) is 0 Å². The molecule has 8 heteroatoms. The van der Waals surface area contributed by atoms with E-state index in [-0.39, 0.29) is 11.7 Å². The zero-order valence-corrected chi connectivity index (χ0v) is 19.7. The number of ether oxygens (including phenoxy) is 1. The highest BCUT2D eigenvalue weighted by Crippen LogP contribution is 2.34. The number of benzene rings is 3. The Morgan fingerprint density at radius 2 is 1.83 bits per heavy atom. The molecule has 0 spiro atoms. The standard InChI is InChI=1S/C28H25N3O5/c1-2-27(32)35-16-8-4-3-7-15-30-24-10-6-5-9-21(24)22-17-19(11-14-25(22)30)28-29-23-13-12-20(31(33)34)18-26(23)36-28/h2,5-6,9-14,17-18H,1,3-4,7-8,15-16H2. The van der Waals surface area contributed by atoms with Crippen molar-refractivity contribution < 1.29 is 18.9 Å². The average molecular weight is 484 g/mol. The van der Waals surface area contributed by atoms with Crippen LogP contribution in [0.4, 0.5) is 5.69 Å². The Labute approximate surface area is 206 Å². The van der Waals surface area contributed by atoms with Crippen LogP contribution in [0.5, 0.6) is 0 Å². The van der Waals surface area contributed by atoms with E-state index in [0.717, 1.165) is 59.6 Å². The van der Waals surface area contributed by atoms with Gasteiger partial charge in [-0.25, -0.2) is 9.78 Å². The number of para-hydroxylation sites is 1. The second-order valence-corrected chi connectivity index (χ2v) is 8.61. The van der Waals surface area contributed by atoms with Crippen molar-refractivity contribution >= 4 is 44.6 Å². The van der Waals surface area contributed by atoms with E-state index in [1.807, 2.05) is 18.2 Å². The molecule has 2 aromatic heterocycles. The lowest BCUT2D eigenvalue weighted by Gasteiger charge is -2.08. The molecule has 5 rings (SSSR count). The minimum atomic E-state index is -0.444. The van der Waals surface area contributed by atoms with Crippen LogP contribution in [0, 0.1) is 10.1 Å². The molecule has 0 aliphatic rings. The maximum Gasteiger partial charge on any atom is 0.330 e. The van der Waals surface area contributed by atoms with Gasteiger partial charge in [-0.3, -0.25) is 10.1 Å². The third kappa shape index (κ3) is 4.57. The molecule has 0 N–H and O–H groups in total. The molecule has 0 unspecified atom stereocenters. The predicted octanol–water partition coefficient (Wildman–Crippen LogP) is 6.80. The molecule has 0 fully saturated rings. The molecule has 3 aromatic carbocycles. The Balaban J connectivity index is 1.38. The SMILES string of the molecule is C=CC(=O)OCCCCCCn1c2ccccc2c2cc(-c3nc4ccc([N+](=O)[O-])cc4o3)ccc21. The predicted molar refractivity (Wildman–Crippen MR) is 139 cm³/mol. The number of hydrogen-bond acceptors (Lipinski definition) is 6. The summed E-state index contributed by atoms with van der Waals surface area (Å²) in [6.45, 7) is 4.70. The van der Waals surface area contributed by atoms with E-state index in [9.17, 15) is 14.9 Å². The third-order valence-corrected chi connectivity index (χ3v) is 6.29. The topological polar surface area (TPSA) is 100 Å². The van der Waals surface area contributed by atoms with E-state index in [4.69, 9.17) is 9.15 Å². The number of carbonyl (C=O) groups excluding carboxylic acids is 1. The lowest BCUT2D eigenvalue weighted by Crippen LogP contribution is -2.02. The van der Waals surface area contributed by atoms with Crippen molar-refractivity contribution in [1.82, 2.24) is 9.55 Å². The van der Waals surface area contributed by atoms with Crippen LogP contribution < -0.4 is 0 Å². The minimum Gasteiger partial charge on any atom is -0.463 e. The van der Waals surface area contributed by atoms with Crippen molar-refractivity contribution in [2.24, 2.45) is 0 Å². The molecule has 0 saturated heterocycles. The summed E-state index contributed by atoms with van der Waals surface area (Å²) >= 11 is 0. The van der Waals surface area contributed by atoms with Gasteiger partial charge in [-0.1, -0.05) is 31.2 Å². The van der Waals surface area contributed by atoms with Gasteiger partial charge in [0.1, 0.15) is 5.52 Å². The number of non-ortho nitro benzene ring substituents is 1. The van der Waals surface area contributed by atoms with E-state index < -0.39 is 4.92 Å². The molecule has 0 aliphatic carbocycles. The van der Waals surface area contributed by atoms with E-state index in [1.54, 1.807) is 6.07 Å². The lowest BCUT2D eigenvalue weighted by molar-refractivity contribution is -0.384. The van der Waals surface area contributed by atoms with Crippen LogP contribution >= 0.6 is 0 Å². The number of nitro benzene ring substituents is 1. The van der Waals surface area contributed by atoms with Crippen LogP contribution in [0.25, 0.3) is 44.4 Å². The number of aryl methyl sites for hydroxylation is 1. The minimum absolute atomic E-state index is 0.0264. The highest BCUT2D eigenvalue weighted by molar-refractivity contribution is 6.09. The van der Waals surface area contributed by atoms with Gasteiger partial charge in [0.05, 0.1) is 17.6 Å². The molecular formula is C28H25N3O5. The molecule has 5 aromatic rings. The fourth-order valence-corrected chi connectivity index (χ4v) is 4.54. The first-order valence-electron chi connectivity index (χ1n) is 11.9. The van der Waals surface area contributed by atoms with Crippen LogP contribution in [0.2, 0.25) is 0 Å². The van der Waals surface area contributed by atoms with Crippen molar-refractivity contribution in [2.45, 2.75) is 32.2 Å². The van der Waals surface area contributed by atoms with Crippen molar-refractivity contribution in [1.29, 1.82) is 0 Å². The Morgan fingerprint density at radius 3 is 2.67 bits per heavy atom. The summed E-state index contributed by atoms with van der Waals surface area (Å²) in [6.07, 6.45) is 5.05. The van der Waals surface area contributed by atoms with Gasteiger partial charge in [0.15, 0.2) is 5.58 Å². The van der Waals surface area contributed by atoms with E-state index >= 15 is 0 Å². The fourth-order valence-electron chi connectivity index (χ4n) is 4.54. The van der Waals surface area contributed by atoms with Gasteiger partial charge in [-0.15, -0.1) is 0 Å². The smallest absolute Gasteiger partial charge is 0.330 e. The first kappa shape index (κ1) is 23.3. The highest BCUT2D eigenvalue weighted by atomic mass is 16.6. The molecule has 8 nitrogen and oxygen atoms in total. The molecule has 0 bridgehead atoms. The third-order valence-electron chi connectivity index (χ3n) is 6.29. The maximum atomic E-state index is 11.1. The number of carbonyl (C=O) groups is 1. The van der Waals surface area contributed by atoms with Crippen molar-refractivity contribution in [2.75, 3.05) is 6.61 Å². The summed E-state index contributed by atoms with van der Waals surface area (Å²) in [7, 11) is 0. The van der Waals surface area contributed by atoms with Crippen LogP contribution in [0.1, 0.15) is 25.7 Å². The summed E-state index contributed by atoms with van der Waals surface area (Å²) in [4.78, 5) is 26.3. The quantitative estimate of drug-likeness (QED) is 0.0712. The van der Waals surface area contributed by atoms with Crippen molar-refractivity contribution in [3.8, 4) is 11.5 Å². The van der Waals surface area contributed by atoms with Crippen LogP contribution in [-0.2, 0) is 16.1 Å². The molecule has 0 saturated carbocycles. The number of rotatable bonds is 10. The van der Waals surface area contributed by atoms with Crippen LogP contribution in [0.3, 0.4) is 0 Å². The summed E-state index contributed by atoms with van der Waals surface area (Å²) in [5.41, 5.74) is 4.06. The number of nitrogens with zero attached hydrogens (tertiary/aromatic N) is 3. The molecule has 2 heterocycles. The molecule has 36 heavy (non-hydrogen) atoms. The zero-order chi connectivity index (χ0) is 25.1. The Morgan fingerprint density at radius 1 is 1.03 bits per heavy atom. The molecule has 0 amide bonds.